The number of carbonyl (C=O) groups excluding carboxylic acids is 1. The summed E-state index contributed by atoms with van der Waals surface area (Å²) in [6.45, 7) is 0. The minimum atomic E-state index is -0.379. The molecular formula is C24H20FNO4. The van der Waals surface area contributed by atoms with Crippen molar-refractivity contribution in [2.45, 2.75) is 0 Å². The number of ketones is 1. The lowest BCUT2D eigenvalue weighted by molar-refractivity contribution is 0.104. The van der Waals surface area contributed by atoms with Gasteiger partial charge >= 0.3 is 0 Å². The van der Waals surface area contributed by atoms with Crippen LogP contribution in [0.2, 0.25) is 0 Å². The normalized spacial score (nSPS) is 10.8. The molecule has 152 valence electrons. The lowest BCUT2D eigenvalue weighted by Crippen LogP contribution is -2.05. The molecule has 0 atom stereocenters. The summed E-state index contributed by atoms with van der Waals surface area (Å²) < 4.78 is 30.0. The van der Waals surface area contributed by atoms with E-state index < -0.39 is 0 Å². The molecule has 0 unspecified atom stereocenters. The van der Waals surface area contributed by atoms with Gasteiger partial charge in [0.1, 0.15) is 5.82 Å². The molecule has 0 aliphatic rings. The van der Waals surface area contributed by atoms with Crippen LogP contribution in [0.5, 0.6) is 17.2 Å². The predicted molar refractivity (Wildman–Crippen MR) is 113 cm³/mol. The number of carbonyl (C=O) groups is 1. The Labute approximate surface area is 173 Å². The second kappa shape index (κ2) is 7.91. The Balaban J connectivity index is 1.96. The number of rotatable bonds is 6. The highest BCUT2D eigenvalue weighted by Crippen LogP contribution is 2.40. The third-order valence-electron chi connectivity index (χ3n) is 4.98. The van der Waals surface area contributed by atoms with Crippen molar-refractivity contribution in [2.24, 2.45) is 0 Å². The van der Waals surface area contributed by atoms with Crippen LogP contribution in [-0.2, 0) is 0 Å². The third kappa shape index (κ3) is 3.26. The molecule has 0 radical (unpaired) electrons. The maximum atomic E-state index is 13.8. The van der Waals surface area contributed by atoms with Crippen LogP contribution in [0.1, 0.15) is 15.9 Å². The molecule has 4 rings (SSSR count). The molecule has 0 fully saturated rings. The zero-order valence-electron chi connectivity index (χ0n) is 16.8. The van der Waals surface area contributed by atoms with Crippen LogP contribution in [0, 0.1) is 5.82 Å². The topological polar surface area (TPSA) is 60.6 Å². The summed E-state index contributed by atoms with van der Waals surface area (Å²) in [5.41, 5.74) is 2.81. The molecule has 0 amide bonds. The van der Waals surface area contributed by atoms with Crippen molar-refractivity contribution in [3.63, 3.8) is 0 Å². The van der Waals surface area contributed by atoms with Gasteiger partial charge in [0.25, 0.3) is 0 Å². The van der Waals surface area contributed by atoms with E-state index in [2.05, 4.69) is 4.98 Å². The zero-order valence-corrected chi connectivity index (χ0v) is 16.8. The quantitative estimate of drug-likeness (QED) is 0.446. The van der Waals surface area contributed by atoms with Crippen molar-refractivity contribution in [1.29, 1.82) is 0 Å². The fourth-order valence-corrected chi connectivity index (χ4v) is 3.58. The second-order valence-corrected chi connectivity index (χ2v) is 6.67. The minimum Gasteiger partial charge on any atom is -0.493 e. The zero-order chi connectivity index (χ0) is 21.3. The first kappa shape index (κ1) is 19.5. The Morgan fingerprint density at radius 3 is 2.13 bits per heavy atom. The van der Waals surface area contributed by atoms with Gasteiger partial charge in [0, 0.05) is 16.5 Å². The molecule has 5 nitrogen and oxygen atoms in total. The summed E-state index contributed by atoms with van der Waals surface area (Å²) >= 11 is 0. The number of benzene rings is 3. The largest absolute Gasteiger partial charge is 0.493 e. The van der Waals surface area contributed by atoms with E-state index in [4.69, 9.17) is 14.2 Å². The summed E-state index contributed by atoms with van der Waals surface area (Å²) in [5, 5.41) is 0.633. The van der Waals surface area contributed by atoms with E-state index in [0.717, 1.165) is 5.56 Å². The standard InChI is InChI=1S/C24H20FNO4/c1-28-19-11-15(12-20(29-2)24(19)30-3)23(27)21-17-10-9-16(25)13-18(17)26-22(21)14-7-5-4-6-8-14/h4-13,26H,1-3H3. The Hall–Kier alpha value is -3.80. The van der Waals surface area contributed by atoms with E-state index in [1.165, 1.54) is 33.5 Å². The molecule has 0 spiro atoms. The molecular weight excluding hydrogens is 385 g/mol. The number of hydrogen-bond acceptors (Lipinski definition) is 4. The molecule has 0 saturated heterocycles. The van der Waals surface area contributed by atoms with Crippen molar-refractivity contribution in [2.75, 3.05) is 21.3 Å². The van der Waals surface area contributed by atoms with Crippen molar-refractivity contribution in [3.05, 3.63) is 77.6 Å². The Morgan fingerprint density at radius 2 is 1.53 bits per heavy atom. The van der Waals surface area contributed by atoms with Gasteiger partial charge in [-0.25, -0.2) is 4.39 Å². The lowest BCUT2D eigenvalue weighted by atomic mass is 9.96. The monoisotopic (exact) mass is 405 g/mol. The van der Waals surface area contributed by atoms with E-state index >= 15 is 0 Å². The molecule has 1 heterocycles. The van der Waals surface area contributed by atoms with Gasteiger partial charge in [-0.15, -0.1) is 0 Å². The summed E-state index contributed by atoms with van der Waals surface area (Å²) in [5.74, 6) is 0.543. The maximum Gasteiger partial charge on any atom is 0.203 e. The molecule has 0 aliphatic heterocycles. The molecule has 4 aromatic rings. The molecule has 0 saturated carbocycles. The number of aromatic nitrogens is 1. The Bertz CT molecular complexity index is 1210. The Kier molecular flexibility index (Phi) is 5.14. The van der Waals surface area contributed by atoms with Crippen molar-refractivity contribution in [3.8, 4) is 28.5 Å². The van der Waals surface area contributed by atoms with Gasteiger partial charge in [0.05, 0.1) is 32.6 Å². The van der Waals surface area contributed by atoms with Crippen molar-refractivity contribution in [1.82, 2.24) is 4.98 Å². The summed E-state index contributed by atoms with van der Waals surface area (Å²) in [4.78, 5) is 16.9. The van der Waals surface area contributed by atoms with Gasteiger partial charge in [-0.05, 0) is 35.9 Å². The van der Waals surface area contributed by atoms with E-state index in [1.807, 2.05) is 30.3 Å². The highest BCUT2D eigenvalue weighted by Gasteiger charge is 2.24. The summed E-state index contributed by atoms with van der Waals surface area (Å²) in [6, 6.07) is 17.0. The fourth-order valence-electron chi connectivity index (χ4n) is 3.58. The first-order valence-electron chi connectivity index (χ1n) is 9.28. The van der Waals surface area contributed by atoms with Crippen LogP contribution in [0.4, 0.5) is 4.39 Å². The number of methoxy groups -OCH3 is 3. The lowest BCUT2D eigenvalue weighted by Gasteiger charge is -2.14. The van der Waals surface area contributed by atoms with Gasteiger partial charge in [-0.1, -0.05) is 30.3 Å². The highest BCUT2D eigenvalue weighted by molar-refractivity contribution is 6.20. The second-order valence-electron chi connectivity index (χ2n) is 6.67. The SMILES string of the molecule is COc1cc(C(=O)c2c(-c3ccccc3)[nH]c3cc(F)ccc23)cc(OC)c1OC. The number of aromatic amines is 1. The van der Waals surface area contributed by atoms with Crippen LogP contribution in [0.3, 0.4) is 0 Å². The molecule has 0 aliphatic carbocycles. The average Bonchev–Trinajstić information content (AvgIpc) is 3.16. The molecule has 0 bridgehead atoms. The third-order valence-corrected chi connectivity index (χ3v) is 4.98. The molecule has 3 aromatic carbocycles. The van der Waals surface area contributed by atoms with Crippen LogP contribution in [0.25, 0.3) is 22.2 Å². The highest BCUT2D eigenvalue weighted by atomic mass is 19.1. The first-order chi connectivity index (χ1) is 14.6. The molecule has 6 heteroatoms. The van der Waals surface area contributed by atoms with Gasteiger partial charge in [0.2, 0.25) is 5.75 Å². The van der Waals surface area contributed by atoms with Crippen molar-refractivity contribution < 1.29 is 23.4 Å². The fraction of sp³-hybridized carbons (Fsp3) is 0.125. The molecule has 30 heavy (non-hydrogen) atoms. The van der Waals surface area contributed by atoms with Crippen LogP contribution in [-0.4, -0.2) is 32.1 Å². The van der Waals surface area contributed by atoms with Crippen molar-refractivity contribution >= 4 is 16.7 Å². The van der Waals surface area contributed by atoms with Gasteiger partial charge < -0.3 is 19.2 Å². The Morgan fingerprint density at radius 1 is 0.867 bits per heavy atom. The summed E-state index contributed by atoms with van der Waals surface area (Å²) in [6.07, 6.45) is 0. The van der Waals surface area contributed by atoms with Gasteiger partial charge in [-0.2, -0.15) is 0 Å². The van der Waals surface area contributed by atoms with E-state index in [0.29, 0.717) is 45.0 Å². The first-order valence-corrected chi connectivity index (χ1v) is 9.28. The van der Waals surface area contributed by atoms with E-state index in [-0.39, 0.29) is 11.6 Å². The average molecular weight is 405 g/mol. The smallest absolute Gasteiger partial charge is 0.203 e. The van der Waals surface area contributed by atoms with Crippen LogP contribution < -0.4 is 14.2 Å². The van der Waals surface area contributed by atoms with E-state index in [1.54, 1.807) is 18.2 Å². The number of ether oxygens (including phenoxy) is 3. The summed E-state index contributed by atoms with van der Waals surface area (Å²) in [7, 11) is 4.49. The van der Waals surface area contributed by atoms with E-state index in [9.17, 15) is 9.18 Å². The van der Waals surface area contributed by atoms with Crippen LogP contribution in [0.15, 0.2) is 60.7 Å². The minimum absolute atomic E-state index is 0.244. The number of halogens is 1. The number of nitrogens with one attached hydrogen (secondary N) is 1. The molecule has 1 N–H and O–H groups in total. The number of H-pyrrole nitrogens is 1. The maximum absolute atomic E-state index is 13.8. The number of hydrogen-bond donors (Lipinski definition) is 1. The van der Waals surface area contributed by atoms with Crippen LogP contribution >= 0.6 is 0 Å². The van der Waals surface area contributed by atoms with Gasteiger partial charge in [-0.3, -0.25) is 4.79 Å². The molecule has 1 aromatic heterocycles. The van der Waals surface area contributed by atoms with Gasteiger partial charge in [0.15, 0.2) is 17.3 Å². The number of fused-ring (bicyclic) bond motifs is 1. The predicted octanol–water partition coefficient (Wildman–Crippen LogP) is 5.23.